The Bertz CT molecular complexity index is 1070. The average Bonchev–Trinajstić information content (AvgIpc) is 3.19. The van der Waals surface area contributed by atoms with E-state index in [1.165, 1.54) is 6.07 Å². The van der Waals surface area contributed by atoms with E-state index in [0.717, 1.165) is 15.7 Å². The highest BCUT2D eigenvalue weighted by Gasteiger charge is 2.28. The summed E-state index contributed by atoms with van der Waals surface area (Å²) in [6.07, 6.45) is 4.98. The van der Waals surface area contributed by atoms with Crippen LogP contribution in [0.5, 0.6) is 0 Å². The summed E-state index contributed by atoms with van der Waals surface area (Å²) in [5.41, 5.74) is 1.48. The molecule has 0 atom stereocenters. The van der Waals surface area contributed by atoms with Crippen LogP contribution in [0, 0.1) is 16.0 Å². The quantitative estimate of drug-likeness (QED) is 0.456. The number of nitro benzene ring substituents is 1. The van der Waals surface area contributed by atoms with Crippen molar-refractivity contribution in [2.24, 2.45) is 13.0 Å². The third-order valence-electron chi connectivity index (χ3n) is 5.39. The van der Waals surface area contributed by atoms with Crippen molar-refractivity contribution in [2.75, 3.05) is 23.3 Å². The Hall–Kier alpha value is -3.33. The summed E-state index contributed by atoms with van der Waals surface area (Å²) in [5.74, 6) is -0.118. The van der Waals surface area contributed by atoms with Gasteiger partial charge in [0.15, 0.2) is 5.16 Å². The number of piperidine rings is 1. The van der Waals surface area contributed by atoms with E-state index in [1.807, 2.05) is 47.0 Å². The van der Waals surface area contributed by atoms with Crippen LogP contribution in [0.4, 0.5) is 17.1 Å². The first-order valence-electron chi connectivity index (χ1n) is 10.1. The highest BCUT2D eigenvalue weighted by atomic mass is 32.2. The fraction of sp³-hybridized carbons (Fsp3) is 0.273. The zero-order valence-corrected chi connectivity index (χ0v) is 17.9. The highest BCUT2D eigenvalue weighted by Crippen LogP contribution is 2.32. The third-order valence-corrected chi connectivity index (χ3v) is 6.48. The molecule has 0 bridgehead atoms. The molecular weight excluding hydrogens is 414 g/mol. The van der Waals surface area contributed by atoms with Gasteiger partial charge in [0.2, 0.25) is 5.91 Å². The van der Waals surface area contributed by atoms with E-state index in [1.54, 1.807) is 36.2 Å². The molecule has 1 amide bonds. The maximum atomic E-state index is 12.7. The second-order valence-corrected chi connectivity index (χ2v) is 8.48. The first kappa shape index (κ1) is 20.9. The maximum absolute atomic E-state index is 12.7. The van der Waals surface area contributed by atoms with Crippen LogP contribution >= 0.6 is 11.8 Å². The number of carbonyl (C=O) groups excluding carboxylic acids is 1. The number of aryl methyl sites for hydroxylation is 1. The number of nitrogens with one attached hydrogen (secondary N) is 1. The van der Waals surface area contributed by atoms with Crippen molar-refractivity contribution in [1.82, 2.24) is 9.55 Å². The Kier molecular flexibility index (Phi) is 6.22. The van der Waals surface area contributed by atoms with E-state index < -0.39 is 0 Å². The van der Waals surface area contributed by atoms with Gasteiger partial charge >= 0.3 is 0 Å². The van der Waals surface area contributed by atoms with Gasteiger partial charge in [0.1, 0.15) is 5.69 Å². The van der Waals surface area contributed by atoms with Crippen molar-refractivity contribution < 1.29 is 9.72 Å². The van der Waals surface area contributed by atoms with Crippen LogP contribution in [0.15, 0.2) is 71.0 Å². The molecule has 3 aromatic rings. The predicted molar refractivity (Wildman–Crippen MR) is 120 cm³/mol. The fourth-order valence-corrected chi connectivity index (χ4v) is 4.48. The molecule has 31 heavy (non-hydrogen) atoms. The SMILES string of the molecule is Cn1ccnc1Sc1ccc(NC(=O)C2CCN(c3ccccc3[N+](=O)[O-])CC2)cc1. The van der Waals surface area contributed by atoms with Crippen molar-refractivity contribution in [2.45, 2.75) is 22.9 Å². The van der Waals surface area contributed by atoms with Crippen molar-refractivity contribution >= 4 is 34.7 Å². The number of anilines is 2. The van der Waals surface area contributed by atoms with Crippen LogP contribution in [-0.2, 0) is 11.8 Å². The number of amides is 1. The third kappa shape index (κ3) is 4.88. The first-order valence-corrected chi connectivity index (χ1v) is 10.9. The van der Waals surface area contributed by atoms with E-state index in [-0.39, 0.29) is 22.4 Å². The fourth-order valence-electron chi connectivity index (χ4n) is 3.67. The van der Waals surface area contributed by atoms with Crippen LogP contribution in [0.2, 0.25) is 0 Å². The van der Waals surface area contributed by atoms with Gasteiger partial charge in [-0.05, 0) is 43.2 Å². The molecule has 160 valence electrons. The Morgan fingerprint density at radius 2 is 1.87 bits per heavy atom. The Labute approximate surface area is 184 Å². The van der Waals surface area contributed by atoms with E-state index in [2.05, 4.69) is 10.3 Å². The van der Waals surface area contributed by atoms with Crippen molar-refractivity contribution in [3.63, 3.8) is 0 Å². The molecule has 1 aliphatic rings. The van der Waals surface area contributed by atoms with Crippen molar-refractivity contribution in [3.05, 3.63) is 71.0 Å². The van der Waals surface area contributed by atoms with Gasteiger partial charge < -0.3 is 14.8 Å². The molecule has 0 unspecified atom stereocenters. The number of benzene rings is 2. The first-order chi connectivity index (χ1) is 15.0. The van der Waals surface area contributed by atoms with Gasteiger partial charge in [0.25, 0.3) is 5.69 Å². The number of hydrogen-bond donors (Lipinski definition) is 1. The number of rotatable bonds is 6. The van der Waals surface area contributed by atoms with Gasteiger partial charge in [-0.25, -0.2) is 4.98 Å². The molecule has 1 saturated heterocycles. The van der Waals surface area contributed by atoms with Crippen LogP contribution < -0.4 is 10.2 Å². The van der Waals surface area contributed by atoms with Gasteiger partial charge in [0.05, 0.1) is 4.92 Å². The van der Waals surface area contributed by atoms with Crippen LogP contribution in [0.3, 0.4) is 0 Å². The molecule has 1 aromatic heterocycles. The van der Waals surface area contributed by atoms with Gasteiger partial charge in [-0.15, -0.1) is 0 Å². The van der Waals surface area contributed by atoms with E-state index >= 15 is 0 Å². The van der Waals surface area contributed by atoms with Crippen molar-refractivity contribution in [1.29, 1.82) is 0 Å². The highest BCUT2D eigenvalue weighted by molar-refractivity contribution is 7.99. The largest absolute Gasteiger partial charge is 0.366 e. The second kappa shape index (κ2) is 9.22. The molecule has 1 fully saturated rings. The van der Waals surface area contributed by atoms with Crippen molar-refractivity contribution in [3.8, 4) is 0 Å². The lowest BCUT2D eigenvalue weighted by molar-refractivity contribution is -0.384. The molecule has 2 aromatic carbocycles. The minimum atomic E-state index is -0.357. The zero-order valence-electron chi connectivity index (χ0n) is 17.1. The molecule has 1 N–H and O–H groups in total. The zero-order chi connectivity index (χ0) is 21.8. The lowest BCUT2D eigenvalue weighted by atomic mass is 9.95. The van der Waals surface area contributed by atoms with E-state index in [0.29, 0.717) is 31.6 Å². The van der Waals surface area contributed by atoms with E-state index in [9.17, 15) is 14.9 Å². The Balaban J connectivity index is 1.32. The monoisotopic (exact) mass is 437 g/mol. The molecule has 4 rings (SSSR count). The molecule has 2 heterocycles. The van der Waals surface area contributed by atoms with Gasteiger partial charge in [-0.1, -0.05) is 23.9 Å². The summed E-state index contributed by atoms with van der Waals surface area (Å²) in [6.45, 7) is 1.23. The van der Waals surface area contributed by atoms with Gasteiger partial charge in [-0.2, -0.15) is 0 Å². The van der Waals surface area contributed by atoms with Gasteiger partial charge in [-0.3, -0.25) is 14.9 Å². The standard InChI is InChI=1S/C22H23N5O3S/c1-25-15-12-23-22(25)31-18-8-6-17(7-9-18)24-21(28)16-10-13-26(14-11-16)19-4-2-3-5-20(19)27(29)30/h2-9,12,15-16H,10-11,13-14H2,1H3,(H,24,28). The molecule has 0 radical (unpaired) electrons. The van der Waals surface area contributed by atoms with Gasteiger partial charge in [0, 0.05) is 55.1 Å². The molecule has 9 heteroatoms. The molecule has 0 spiro atoms. The molecule has 1 aliphatic heterocycles. The van der Waals surface area contributed by atoms with Crippen LogP contribution in [0.1, 0.15) is 12.8 Å². The number of imidazole rings is 1. The topological polar surface area (TPSA) is 93.3 Å². The Morgan fingerprint density at radius 1 is 1.16 bits per heavy atom. The maximum Gasteiger partial charge on any atom is 0.292 e. The number of carbonyl (C=O) groups is 1. The number of aromatic nitrogens is 2. The molecule has 0 aliphatic carbocycles. The number of hydrogen-bond acceptors (Lipinski definition) is 6. The Morgan fingerprint density at radius 3 is 2.52 bits per heavy atom. The summed E-state index contributed by atoms with van der Waals surface area (Å²) in [5, 5.41) is 15.2. The normalized spacial score (nSPS) is 14.4. The summed E-state index contributed by atoms with van der Waals surface area (Å²) in [6, 6.07) is 14.5. The second-order valence-electron chi connectivity index (χ2n) is 7.44. The molecule has 0 saturated carbocycles. The molecule has 8 nitrogen and oxygen atoms in total. The average molecular weight is 438 g/mol. The smallest absolute Gasteiger partial charge is 0.292 e. The summed E-state index contributed by atoms with van der Waals surface area (Å²) in [7, 11) is 1.95. The number of para-hydroxylation sites is 2. The van der Waals surface area contributed by atoms with E-state index in [4.69, 9.17) is 0 Å². The summed E-state index contributed by atoms with van der Waals surface area (Å²) in [4.78, 5) is 31.0. The molecular formula is C22H23N5O3S. The minimum Gasteiger partial charge on any atom is -0.366 e. The minimum absolute atomic E-state index is 0.00767. The lowest BCUT2D eigenvalue weighted by Gasteiger charge is -2.32. The lowest BCUT2D eigenvalue weighted by Crippen LogP contribution is -2.38. The van der Waals surface area contributed by atoms with Crippen LogP contribution in [-0.4, -0.2) is 33.5 Å². The predicted octanol–water partition coefficient (Wildman–Crippen LogP) is 4.33. The van der Waals surface area contributed by atoms with Crippen LogP contribution in [0.25, 0.3) is 0 Å². The number of nitro groups is 1. The number of nitrogens with zero attached hydrogens (tertiary/aromatic N) is 4. The summed E-state index contributed by atoms with van der Waals surface area (Å²) < 4.78 is 1.96. The summed E-state index contributed by atoms with van der Waals surface area (Å²) >= 11 is 1.56.